The van der Waals surface area contributed by atoms with E-state index in [-0.39, 0.29) is 0 Å². The molecule has 3 aliphatic carbocycles. The van der Waals surface area contributed by atoms with Gasteiger partial charge in [0.25, 0.3) is 0 Å². The number of anilines is 2. The average molecular weight is 668 g/mol. The highest BCUT2D eigenvalue weighted by Crippen LogP contribution is 2.46. The van der Waals surface area contributed by atoms with Gasteiger partial charge in [-0.25, -0.2) is 0 Å². The second kappa shape index (κ2) is 10.8. The number of hydrogen-bond acceptors (Lipinski definition) is 5. The first-order chi connectivity index (χ1) is 19.5. The summed E-state index contributed by atoms with van der Waals surface area (Å²) >= 11 is 7.39. The number of rotatable bonds is 0. The SMILES string of the molecule is Brc1c2c(cc3c1CCO3)CCC2.Nc1c2c(c(Br)c3c1OCC3)CCC2.Nc1c2c(cc3c1CCO3)CCC2. The molecular weight excluding hydrogens is 632 g/mol. The predicted octanol–water partition coefficient (Wildman–Crippen LogP) is 7.02. The summed E-state index contributed by atoms with van der Waals surface area (Å²) in [6.45, 7) is 2.44. The number of aryl methyl sites for hydroxylation is 2. The highest BCUT2D eigenvalue weighted by molar-refractivity contribution is 9.11. The Labute approximate surface area is 253 Å². The lowest BCUT2D eigenvalue weighted by Gasteiger charge is -2.12. The molecule has 3 aromatic rings. The molecule has 0 amide bonds. The molecule has 0 unspecified atom stereocenters. The molecule has 0 aromatic heterocycles. The monoisotopic (exact) mass is 666 g/mol. The van der Waals surface area contributed by atoms with Crippen LogP contribution in [-0.2, 0) is 57.8 Å². The van der Waals surface area contributed by atoms with Crippen LogP contribution >= 0.6 is 31.9 Å². The molecule has 6 aliphatic rings. The maximum Gasteiger partial charge on any atom is 0.146 e. The minimum atomic E-state index is 0.779. The number of nitrogen functional groups attached to an aromatic ring is 2. The Morgan fingerprint density at radius 2 is 1.00 bits per heavy atom. The average Bonchev–Trinajstić information content (AvgIpc) is 3.80. The van der Waals surface area contributed by atoms with Crippen LogP contribution in [0.15, 0.2) is 21.1 Å². The van der Waals surface area contributed by atoms with Gasteiger partial charge in [-0.3, -0.25) is 0 Å². The van der Waals surface area contributed by atoms with Crippen molar-refractivity contribution in [2.24, 2.45) is 0 Å². The van der Waals surface area contributed by atoms with Gasteiger partial charge in [0.15, 0.2) is 0 Å². The molecule has 0 saturated heterocycles. The van der Waals surface area contributed by atoms with Crippen molar-refractivity contribution < 1.29 is 14.2 Å². The van der Waals surface area contributed by atoms with Crippen molar-refractivity contribution in [1.82, 2.24) is 0 Å². The van der Waals surface area contributed by atoms with Crippen molar-refractivity contribution in [2.45, 2.75) is 77.0 Å². The molecular formula is C33H36Br2N2O3. The Morgan fingerprint density at radius 3 is 1.77 bits per heavy atom. The van der Waals surface area contributed by atoms with Crippen molar-refractivity contribution >= 4 is 43.2 Å². The summed E-state index contributed by atoms with van der Waals surface area (Å²) in [5.74, 6) is 3.10. The van der Waals surface area contributed by atoms with Crippen LogP contribution in [-0.4, -0.2) is 19.8 Å². The van der Waals surface area contributed by atoms with Crippen LogP contribution < -0.4 is 25.7 Å². The van der Waals surface area contributed by atoms with Crippen LogP contribution in [0.2, 0.25) is 0 Å². The first-order valence-electron chi connectivity index (χ1n) is 14.8. The molecule has 0 spiro atoms. The topological polar surface area (TPSA) is 79.7 Å². The van der Waals surface area contributed by atoms with E-state index in [0.29, 0.717) is 0 Å². The fourth-order valence-corrected chi connectivity index (χ4v) is 8.95. The third-order valence-electron chi connectivity index (χ3n) is 9.32. The zero-order chi connectivity index (χ0) is 27.4. The molecule has 7 heteroatoms. The fraction of sp³-hybridized carbons (Fsp3) is 0.455. The molecule has 0 atom stereocenters. The molecule has 9 rings (SSSR count). The zero-order valence-corrected chi connectivity index (χ0v) is 26.1. The van der Waals surface area contributed by atoms with E-state index >= 15 is 0 Å². The van der Waals surface area contributed by atoms with Crippen LogP contribution in [0.4, 0.5) is 11.4 Å². The van der Waals surface area contributed by atoms with Gasteiger partial charge in [-0.1, -0.05) is 31.9 Å². The molecule has 0 saturated carbocycles. The first-order valence-corrected chi connectivity index (χ1v) is 16.4. The smallest absolute Gasteiger partial charge is 0.146 e. The third kappa shape index (κ3) is 4.48. The van der Waals surface area contributed by atoms with Crippen molar-refractivity contribution in [1.29, 1.82) is 0 Å². The summed E-state index contributed by atoms with van der Waals surface area (Å²) in [4.78, 5) is 0. The van der Waals surface area contributed by atoms with E-state index in [4.69, 9.17) is 25.7 Å². The molecule has 3 aromatic carbocycles. The van der Waals surface area contributed by atoms with Gasteiger partial charge >= 0.3 is 0 Å². The molecule has 3 heterocycles. The van der Waals surface area contributed by atoms with Gasteiger partial charge < -0.3 is 25.7 Å². The van der Waals surface area contributed by atoms with Crippen molar-refractivity contribution in [2.75, 3.05) is 31.3 Å². The Bertz CT molecular complexity index is 1310. The number of hydrogen-bond donors (Lipinski definition) is 2. The second-order valence-corrected chi connectivity index (χ2v) is 13.1. The van der Waals surface area contributed by atoms with Gasteiger partial charge in [0.1, 0.15) is 17.2 Å². The summed E-state index contributed by atoms with van der Waals surface area (Å²) in [6, 6.07) is 4.44. The molecule has 40 heavy (non-hydrogen) atoms. The maximum atomic E-state index is 6.11. The molecule has 0 fully saturated rings. The lowest BCUT2D eigenvalue weighted by atomic mass is 10.0. The lowest BCUT2D eigenvalue weighted by Crippen LogP contribution is -1.98. The van der Waals surface area contributed by atoms with E-state index in [1.807, 2.05) is 0 Å². The summed E-state index contributed by atoms with van der Waals surface area (Å²) in [5, 5.41) is 0. The third-order valence-corrected chi connectivity index (χ3v) is 11.2. The summed E-state index contributed by atoms with van der Waals surface area (Å²) in [7, 11) is 0. The van der Waals surface area contributed by atoms with Gasteiger partial charge in [0.05, 0.1) is 25.5 Å². The van der Waals surface area contributed by atoms with Gasteiger partial charge in [-0.15, -0.1) is 0 Å². The van der Waals surface area contributed by atoms with E-state index in [1.54, 1.807) is 0 Å². The molecule has 5 nitrogen and oxygen atoms in total. The Balaban J connectivity index is 0.0000000993. The van der Waals surface area contributed by atoms with E-state index in [0.717, 1.165) is 87.0 Å². The van der Waals surface area contributed by atoms with Crippen molar-refractivity contribution in [3.05, 3.63) is 71.1 Å². The molecule has 0 bridgehead atoms. The molecule has 210 valence electrons. The summed E-state index contributed by atoms with van der Waals surface area (Å²) in [5.41, 5.74) is 26.6. The van der Waals surface area contributed by atoms with Crippen molar-refractivity contribution in [3.8, 4) is 17.2 Å². The Kier molecular flexibility index (Phi) is 7.15. The van der Waals surface area contributed by atoms with Gasteiger partial charge in [0.2, 0.25) is 0 Å². The van der Waals surface area contributed by atoms with E-state index < -0.39 is 0 Å². The van der Waals surface area contributed by atoms with Crippen LogP contribution in [0.3, 0.4) is 0 Å². The highest BCUT2D eigenvalue weighted by atomic mass is 79.9. The van der Waals surface area contributed by atoms with E-state index in [1.165, 1.54) is 97.5 Å². The largest absolute Gasteiger partial charge is 0.493 e. The molecule has 0 radical (unpaired) electrons. The number of fused-ring (bicyclic) bond motifs is 6. The van der Waals surface area contributed by atoms with E-state index in [9.17, 15) is 0 Å². The zero-order valence-electron chi connectivity index (χ0n) is 22.9. The predicted molar refractivity (Wildman–Crippen MR) is 167 cm³/mol. The number of ether oxygens (including phenoxy) is 3. The first kappa shape index (κ1) is 26.5. The molecule has 4 N–H and O–H groups in total. The van der Waals surface area contributed by atoms with Gasteiger partial charge in [0, 0.05) is 50.6 Å². The second-order valence-electron chi connectivity index (χ2n) is 11.6. The molecule has 3 aliphatic heterocycles. The van der Waals surface area contributed by atoms with Crippen LogP contribution in [0, 0.1) is 0 Å². The lowest BCUT2D eigenvalue weighted by molar-refractivity contribution is 0.356. The summed E-state index contributed by atoms with van der Waals surface area (Å²) < 4.78 is 19.3. The summed E-state index contributed by atoms with van der Waals surface area (Å²) in [6.07, 6.45) is 13.9. The van der Waals surface area contributed by atoms with Crippen LogP contribution in [0.25, 0.3) is 0 Å². The number of halogens is 2. The Hall–Kier alpha value is -2.38. The van der Waals surface area contributed by atoms with Gasteiger partial charge in [-0.2, -0.15) is 0 Å². The van der Waals surface area contributed by atoms with E-state index in [2.05, 4.69) is 44.0 Å². The minimum Gasteiger partial charge on any atom is -0.493 e. The van der Waals surface area contributed by atoms with Crippen molar-refractivity contribution in [3.63, 3.8) is 0 Å². The normalized spacial score (nSPS) is 18.1. The highest BCUT2D eigenvalue weighted by Gasteiger charge is 2.28. The van der Waals surface area contributed by atoms with Crippen LogP contribution in [0.1, 0.15) is 69.3 Å². The quantitative estimate of drug-likeness (QED) is 0.252. The minimum absolute atomic E-state index is 0.779. The Morgan fingerprint density at radius 1 is 0.475 bits per heavy atom. The number of benzene rings is 3. The maximum absolute atomic E-state index is 6.11. The number of nitrogens with two attached hydrogens (primary N) is 2. The van der Waals surface area contributed by atoms with Crippen LogP contribution in [0.5, 0.6) is 17.2 Å². The van der Waals surface area contributed by atoms with Gasteiger partial charge in [-0.05, 0) is 103 Å². The standard InChI is InChI=1S/C11H12BrNO.C11H11BrO.C11H13NO/c12-9-6-2-1-3-7(6)10(13)11-8(9)4-5-14-11;2*12-11-8-3-1-2-7(8)6-10-9(11)4-5-13-10/h1-5,13H2;6H,1-5H2;6H,1-5,12H2. The fourth-order valence-electron chi connectivity index (χ4n) is 7.29.